The zero-order valence-corrected chi connectivity index (χ0v) is 10.1. The average Bonchev–Trinajstić information content (AvgIpc) is 2.08. The summed E-state index contributed by atoms with van der Waals surface area (Å²) in [7, 11) is 0. The minimum atomic E-state index is -0.808. The second kappa shape index (κ2) is 7.65. The lowest BCUT2D eigenvalue weighted by Gasteiger charge is -2.17. The van der Waals surface area contributed by atoms with E-state index in [1.54, 1.807) is 0 Å². The molecule has 0 aromatic rings. The minimum absolute atomic E-state index is 0.177. The normalized spacial score (nSPS) is 13.5. The molecule has 0 bridgehead atoms. The van der Waals surface area contributed by atoms with Crippen LogP contribution in [0.3, 0.4) is 0 Å². The molecule has 0 saturated heterocycles. The van der Waals surface area contributed by atoms with Crippen LogP contribution in [0.15, 0.2) is 0 Å². The Morgan fingerprint density at radius 2 is 1.93 bits per heavy atom. The van der Waals surface area contributed by atoms with Crippen molar-refractivity contribution in [1.82, 2.24) is 5.32 Å². The maximum atomic E-state index is 10.8. The third kappa shape index (κ3) is 8.39. The monoisotopic (exact) mass is 217 g/mol. The molecule has 15 heavy (non-hydrogen) atoms. The molecule has 0 aromatic heterocycles. The van der Waals surface area contributed by atoms with E-state index in [-0.39, 0.29) is 6.04 Å². The van der Waals surface area contributed by atoms with Crippen molar-refractivity contribution in [2.45, 2.75) is 46.2 Å². The Bertz CT molecular complexity index is 181. The van der Waals surface area contributed by atoms with Gasteiger partial charge >= 0.3 is 5.97 Å². The Kier molecular flexibility index (Phi) is 7.34. The third-order valence-corrected chi connectivity index (χ3v) is 1.83. The highest BCUT2D eigenvalue weighted by molar-refractivity contribution is 5.73. The maximum Gasteiger partial charge on any atom is 0.320 e. The molecule has 4 nitrogen and oxygen atoms in total. The molecule has 0 aliphatic rings. The Morgan fingerprint density at radius 1 is 1.33 bits per heavy atom. The molecule has 0 amide bonds. The Morgan fingerprint density at radius 3 is 2.33 bits per heavy atom. The molecule has 0 aromatic carbocycles. The number of nitrogens with one attached hydrogen (secondary N) is 1. The minimum Gasteiger partial charge on any atom is -0.480 e. The van der Waals surface area contributed by atoms with Gasteiger partial charge in [-0.2, -0.15) is 0 Å². The number of carboxylic acid groups (broad SMARTS) is 1. The van der Waals surface area contributed by atoms with E-state index in [2.05, 4.69) is 19.2 Å². The molecule has 0 aliphatic carbocycles. The first-order valence-corrected chi connectivity index (χ1v) is 5.50. The van der Waals surface area contributed by atoms with Crippen molar-refractivity contribution in [2.75, 3.05) is 13.2 Å². The predicted molar refractivity (Wildman–Crippen MR) is 60.0 cm³/mol. The van der Waals surface area contributed by atoms with Gasteiger partial charge in [0.25, 0.3) is 0 Å². The van der Waals surface area contributed by atoms with Gasteiger partial charge in [0.15, 0.2) is 0 Å². The maximum absolute atomic E-state index is 10.8. The zero-order valence-electron chi connectivity index (χ0n) is 10.1. The van der Waals surface area contributed by atoms with Crippen LogP contribution in [0.25, 0.3) is 0 Å². The summed E-state index contributed by atoms with van der Waals surface area (Å²) in [6.45, 7) is 9.20. The lowest BCUT2D eigenvalue weighted by Crippen LogP contribution is -2.41. The van der Waals surface area contributed by atoms with Crippen molar-refractivity contribution in [1.29, 1.82) is 0 Å². The van der Waals surface area contributed by atoms with Crippen LogP contribution in [0.1, 0.15) is 34.1 Å². The van der Waals surface area contributed by atoms with Gasteiger partial charge in [-0.05, 0) is 12.3 Å². The molecule has 0 heterocycles. The fourth-order valence-corrected chi connectivity index (χ4v) is 1.20. The van der Waals surface area contributed by atoms with Crippen molar-refractivity contribution < 1.29 is 14.6 Å². The predicted octanol–water partition coefficient (Wildman–Crippen LogP) is 1.50. The standard InChI is InChI=1S/C11H23NO3/c1-8(2)7-15-6-5-10(11(13)14)12-9(3)4/h8-10,12H,5-7H2,1-4H3,(H,13,14). The third-order valence-electron chi connectivity index (χ3n) is 1.83. The molecule has 1 unspecified atom stereocenters. The number of aliphatic carboxylic acids is 1. The number of ether oxygens (including phenoxy) is 1. The molecule has 2 N–H and O–H groups in total. The van der Waals surface area contributed by atoms with Gasteiger partial charge in [0.1, 0.15) is 6.04 Å². The van der Waals surface area contributed by atoms with Crippen molar-refractivity contribution >= 4 is 5.97 Å². The first kappa shape index (κ1) is 14.4. The van der Waals surface area contributed by atoms with E-state index >= 15 is 0 Å². The van der Waals surface area contributed by atoms with E-state index in [1.807, 2.05) is 13.8 Å². The van der Waals surface area contributed by atoms with Gasteiger partial charge in [-0.3, -0.25) is 4.79 Å². The highest BCUT2D eigenvalue weighted by Crippen LogP contribution is 1.98. The van der Waals surface area contributed by atoms with Gasteiger partial charge in [-0.15, -0.1) is 0 Å². The van der Waals surface area contributed by atoms with Crippen LogP contribution in [0.2, 0.25) is 0 Å². The van der Waals surface area contributed by atoms with Crippen molar-refractivity contribution in [2.24, 2.45) is 5.92 Å². The SMILES string of the molecule is CC(C)COCCC(NC(C)C)C(=O)O. The number of rotatable bonds is 8. The van der Waals surface area contributed by atoms with E-state index in [0.29, 0.717) is 25.6 Å². The number of carbonyl (C=O) groups is 1. The summed E-state index contributed by atoms with van der Waals surface area (Å²) in [4.78, 5) is 10.8. The fraction of sp³-hybridized carbons (Fsp3) is 0.909. The molecule has 0 saturated carbocycles. The molecule has 0 radical (unpaired) electrons. The van der Waals surface area contributed by atoms with Crippen LogP contribution in [0.4, 0.5) is 0 Å². The summed E-state index contributed by atoms with van der Waals surface area (Å²) in [5.41, 5.74) is 0. The van der Waals surface area contributed by atoms with Gasteiger partial charge in [0.2, 0.25) is 0 Å². The van der Waals surface area contributed by atoms with Gasteiger partial charge in [0, 0.05) is 19.3 Å². The summed E-state index contributed by atoms with van der Waals surface area (Å²) < 4.78 is 5.35. The fourth-order valence-electron chi connectivity index (χ4n) is 1.20. The lowest BCUT2D eigenvalue weighted by atomic mass is 10.2. The molecule has 0 spiro atoms. The first-order valence-electron chi connectivity index (χ1n) is 5.50. The van der Waals surface area contributed by atoms with E-state index in [1.165, 1.54) is 0 Å². The number of hydrogen-bond donors (Lipinski definition) is 2. The average molecular weight is 217 g/mol. The molecule has 0 rings (SSSR count). The van der Waals surface area contributed by atoms with Crippen LogP contribution >= 0.6 is 0 Å². The van der Waals surface area contributed by atoms with Gasteiger partial charge < -0.3 is 15.2 Å². The summed E-state index contributed by atoms with van der Waals surface area (Å²) in [6.07, 6.45) is 0.514. The zero-order chi connectivity index (χ0) is 11.8. The number of carboxylic acids is 1. The van der Waals surface area contributed by atoms with Crippen LogP contribution in [0, 0.1) is 5.92 Å². The summed E-state index contributed by atoms with van der Waals surface area (Å²) in [5.74, 6) is -0.316. The van der Waals surface area contributed by atoms with Crippen molar-refractivity contribution in [3.8, 4) is 0 Å². The molecule has 0 fully saturated rings. The van der Waals surface area contributed by atoms with E-state index < -0.39 is 12.0 Å². The smallest absolute Gasteiger partial charge is 0.320 e. The quantitative estimate of drug-likeness (QED) is 0.605. The lowest BCUT2D eigenvalue weighted by molar-refractivity contribution is -0.140. The first-order chi connectivity index (χ1) is 6.93. The van der Waals surface area contributed by atoms with Crippen LogP contribution in [-0.2, 0) is 9.53 Å². The van der Waals surface area contributed by atoms with Gasteiger partial charge in [-0.1, -0.05) is 27.7 Å². The second-order valence-electron chi connectivity index (χ2n) is 4.47. The molecule has 0 aliphatic heterocycles. The second-order valence-corrected chi connectivity index (χ2v) is 4.47. The van der Waals surface area contributed by atoms with Crippen molar-refractivity contribution in [3.63, 3.8) is 0 Å². The highest BCUT2D eigenvalue weighted by atomic mass is 16.5. The molecule has 90 valence electrons. The van der Waals surface area contributed by atoms with Crippen LogP contribution in [0.5, 0.6) is 0 Å². The summed E-state index contributed by atoms with van der Waals surface area (Å²) in [5, 5.41) is 11.9. The van der Waals surface area contributed by atoms with E-state index in [9.17, 15) is 4.79 Å². The highest BCUT2D eigenvalue weighted by Gasteiger charge is 2.17. The Balaban J connectivity index is 3.72. The number of hydrogen-bond acceptors (Lipinski definition) is 3. The summed E-state index contributed by atoms with van der Waals surface area (Å²) in [6, 6.07) is -0.326. The molecule has 4 heteroatoms. The largest absolute Gasteiger partial charge is 0.480 e. The van der Waals surface area contributed by atoms with Gasteiger partial charge in [-0.25, -0.2) is 0 Å². The van der Waals surface area contributed by atoms with E-state index in [4.69, 9.17) is 9.84 Å². The van der Waals surface area contributed by atoms with Gasteiger partial charge in [0.05, 0.1) is 0 Å². The van der Waals surface area contributed by atoms with Crippen molar-refractivity contribution in [3.05, 3.63) is 0 Å². The Hall–Kier alpha value is -0.610. The molecule has 1 atom stereocenters. The molecular formula is C11H23NO3. The Labute approximate surface area is 92.0 Å². The van der Waals surface area contributed by atoms with E-state index in [0.717, 1.165) is 0 Å². The van der Waals surface area contributed by atoms with Crippen LogP contribution in [-0.4, -0.2) is 36.4 Å². The molecular weight excluding hydrogens is 194 g/mol. The van der Waals surface area contributed by atoms with Crippen LogP contribution < -0.4 is 5.32 Å². The summed E-state index contributed by atoms with van der Waals surface area (Å²) >= 11 is 0. The topological polar surface area (TPSA) is 58.6 Å².